The molecule has 0 aromatic heterocycles. The summed E-state index contributed by atoms with van der Waals surface area (Å²) >= 11 is 0. The van der Waals surface area contributed by atoms with Crippen molar-refractivity contribution in [2.75, 3.05) is 26.2 Å². The van der Waals surface area contributed by atoms with E-state index in [9.17, 15) is 14.0 Å². The van der Waals surface area contributed by atoms with Crippen molar-refractivity contribution in [1.82, 2.24) is 15.1 Å². The normalized spacial score (nSPS) is 14.2. The van der Waals surface area contributed by atoms with Gasteiger partial charge in [0.05, 0.1) is 0 Å². The minimum atomic E-state index is -0.318. The smallest absolute Gasteiger partial charge is 0.317 e. The van der Waals surface area contributed by atoms with Gasteiger partial charge in [-0.3, -0.25) is 4.79 Å². The van der Waals surface area contributed by atoms with E-state index in [1.807, 2.05) is 30.3 Å². The van der Waals surface area contributed by atoms with Crippen LogP contribution in [0.4, 0.5) is 9.18 Å². The summed E-state index contributed by atoms with van der Waals surface area (Å²) in [5.41, 5.74) is 1.97. The van der Waals surface area contributed by atoms with Gasteiger partial charge in [-0.1, -0.05) is 30.3 Å². The highest BCUT2D eigenvalue weighted by atomic mass is 19.1. The van der Waals surface area contributed by atoms with Gasteiger partial charge in [0.15, 0.2) is 0 Å². The molecule has 1 heterocycles. The molecule has 5 nitrogen and oxygen atoms in total. The number of nitrogens with one attached hydrogen (secondary N) is 1. The minimum absolute atomic E-state index is 0.126. The molecule has 3 amide bonds. The number of carbonyl (C=O) groups is 2. The van der Waals surface area contributed by atoms with Crippen molar-refractivity contribution < 1.29 is 14.0 Å². The van der Waals surface area contributed by atoms with Crippen molar-refractivity contribution in [3.63, 3.8) is 0 Å². The van der Waals surface area contributed by atoms with Crippen LogP contribution < -0.4 is 5.32 Å². The third kappa shape index (κ3) is 4.20. The summed E-state index contributed by atoms with van der Waals surface area (Å²) in [6.45, 7) is 4.01. The lowest BCUT2D eigenvalue weighted by molar-refractivity contribution is 0.0665. The molecule has 0 atom stereocenters. The van der Waals surface area contributed by atoms with Crippen LogP contribution in [0.5, 0.6) is 0 Å². The Morgan fingerprint density at radius 2 is 1.65 bits per heavy atom. The molecule has 1 fully saturated rings. The first-order valence-electron chi connectivity index (χ1n) is 8.67. The Bertz CT molecular complexity index is 787. The lowest BCUT2D eigenvalue weighted by Gasteiger charge is -2.34. The number of nitrogens with zero attached hydrogens (tertiary/aromatic N) is 2. The van der Waals surface area contributed by atoms with E-state index < -0.39 is 0 Å². The van der Waals surface area contributed by atoms with Crippen LogP contribution in [0.2, 0.25) is 0 Å². The van der Waals surface area contributed by atoms with Gasteiger partial charge in [0.1, 0.15) is 5.82 Å². The predicted molar refractivity (Wildman–Crippen MR) is 97.3 cm³/mol. The largest absolute Gasteiger partial charge is 0.335 e. The molecule has 1 saturated heterocycles. The van der Waals surface area contributed by atoms with Crippen molar-refractivity contribution >= 4 is 11.9 Å². The fourth-order valence-electron chi connectivity index (χ4n) is 2.96. The topological polar surface area (TPSA) is 52.7 Å². The zero-order valence-corrected chi connectivity index (χ0v) is 14.7. The number of hydrogen-bond acceptors (Lipinski definition) is 2. The summed E-state index contributed by atoms with van der Waals surface area (Å²) in [6.07, 6.45) is 0. The maximum absolute atomic E-state index is 13.4. The summed E-state index contributed by atoms with van der Waals surface area (Å²) in [6, 6.07) is 14.0. The first-order chi connectivity index (χ1) is 12.5. The number of amides is 3. The van der Waals surface area contributed by atoms with Gasteiger partial charge in [0.25, 0.3) is 5.91 Å². The molecule has 136 valence electrons. The second kappa shape index (κ2) is 7.99. The van der Waals surface area contributed by atoms with Crippen LogP contribution in [0.15, 0.2) is 48.5 Å². The van der Waals surface area contributed by atoms with E-state index in [0.717, 1.165) is 5.56 Å². The fourth-order valence-corrected chi connectivity index (χ4v) is 2.96. The Balaban J connectivity index is 1.51. The Labute approximate surface area is 152 Å². The van der Waals surface area contributed by atoms with Gasteiger partial charge >= 0.3 is 6.03 Å². The zero-order valence-electron chi connectivity index (χ0n) is 14.7. The third-order valence-corrected chi connectivity index (χ3v) is 4.55. The summed E-state index contributed by atoms with van der Waals surface area (Å²) in [4.78, 5) is 28.2. The molecule has 0 bridgehead atoms. The fraction of sp³-hybridized carbons (Fsp3) is 0.300. The van der Waals surface area contributed by atoms with Crippen molar-refractivity contribution in [3.05, 3.63) is 71.0 Å². The van der Waals surface area contributed by atoms with E-state index in [1.54, 1.807) is 22.8 Å². The average Bonchev–Trinajstić information content (AvgIpc) is 2.68. The molecule has 0 unspecified atom stereocenters. The number of halogens is 1. The number of urea groups is 1. The van der Waals surface area contributed by atoms with Gasteiger partial charge < -0.3 is 15.1 Å². The molecule has 1 N–H and O–H groups in total. The Morgan fingerprint density at radius 3 is 2.31 bits per heavy atom. The first kappa shape index (κ1) is 17.9. The van der Waals surface area contributed by atoms with Crippen molar-refractivity contribution in [2.24, 2.45) is 0 Å². The predicted octanol–water partition coefficient (Wildman–Crippen LogP) is 2.80. The van der Waals surface area contributed by atoms with Crippen molar-refractivity contribution in [2.45, 2.75) is 13.5 Å². The molecule has 6 heteroatoms. The lowest BCUT2D eigenvalue weighted by atomic mass is 10.1. The SMILES string of the molecule is Cc1cc(C(=O)N2CCN(C(=O)NCc3ccccc3)CC2)ccc1F. The van der Waals surface area contributed by atoms with E-state index >= 15 is 0 Å². The van der Waals surface area contributed by atoms with E-state index in [2.05, 4.69) is 5.32 Å². The molecule has 1 aliphatic heterocycles. The van der Waals surface area contributed by atoms with Crippen molar-refractivity contribution in [3.8, 4) is 0 Å². The van der Waals surface area contributed by atoms with Gasteiger partial charge in [0.2, 0.25) is 0 Å². The van der Waals surface area contributed by atoms with Crippen molar-refractivity contribution in [1.29, 1.82) is 0 Å². The van der Waals surface area contributed by atoms with Crippen LogP contribution >= 0.6 is 0 Å². The highest BCUT2D eigenvalue weighted by Gasteiger charge is 2.25. The molecule has 2 aromatic carbocycles. The van der Waals surface area contributed by atoms with Gasteiger partial charge in [-0.25, -0.2) is 9.18 Å². The highest BCUT2D eigenvalue weighted by molar-refractivity contribution is 5.94. The van der Waals surface area contributed by atoms with E-state index in [-0.39, 0.29) is 17.8 Å². The van der Waals surface area contributed by atoms with Crippen LogP contribution in [0.3, 0.4) is 0 Å². The van der Waals surface area contributed by atoms with Gasteiger partial charge in [-0.05, 0) is 36.2 Å². The first-order valence-corrected chi connectivity index (χ1v) is 8.67. The molecule has 0 radical (unpaired) electrons. The summed E-state index contributed by atoms with van der Waals surface area (Å²) in [7, 11) is 0. The van der Waals surface area contributed by atoms with Gasteiger partial charge in [0, 0.05) is 38.3 Å². The Morgan fingerprint density at radius 1 is 1.00 bits per heavy atom. The van der Waals surface area contributed by atoms with Crippen LogP contribution in [0, 0.1) is 12.7 Å². The summed E-state index contributed by atoms with van der Waals surface area (Å²) in [5, 5.41) is 2.90. The molecule has 3 rings (SSSR count). The van der Waals surface area contributed by atoms with Crippen LogP contribution in [0.25, 0.3) is 0 Å². The standard InChI is InChI=1S/C20H22FN3O2/c1-15-13-17(7-8-18(15)21)19(25)23-9-11-24(12-10-23)20(26)22-14-16-5-3-2-4-6-16/h2-8,13H,9-12,14H2,1H3,(H,22,26). The number of benzene rings is 2. The number of hydrogen-bond donors (Lipinski definition) is 1. The maximum atomic E-state index is 13.4. The summed E-state index contributed by atoms with van der Waals surface area (Å²) < 4.78 is 13.4. The molecule has 2 aromatic rings. The Kier molecular flexibility index (Phi) is 5.51. The number of aryl methyl sites for hydroxylation is 1. The van der Waals surface area contributed by atoms with Gasteiger partial charge in [-0.2, -0.15) is 0 Å². The molecule has 26 heavy (non-hydrogen) atoms. The molecule has 1 aliphatic rings. The minimum Gasteiger partial charge on any atom is -0.335 e. The number of rotatable bonds is 3. The number of carbonyl (C=O) groups excluding carboxylic acids is 2. The van der Waals surface area contributed by atoms with Crippen LogP contribution in [-0.4, -0.2) is 47.9 Å². The maximum Gasteiger partial charge on any atom is 0.317 e. The third-order valence-electron chi connectivity index (χ3n) is 4.55. The highest BCUT2D eigenvalue weighted by Crippen LogP contribution is 2.13. The average molecular weight is 355 g/mol. The molecule has 0 saturated carbocycles. The second-order valence-corrected chi connectivity index (χ2v) is 6.39. The van der Waals surface area contributed by atoms with Crippen LogP contribution in [-0.2, 0) is 6.54 Å². The van der Waals surface area contributed by atoms with E-state index in [0.29, 0.717) is 43.9 Å². The monoisotopic (exact) mass is 355 g/mol. The van der Waals surface area contributed by atoms with Gasteiger partial charge in [-0.15, -0.1) is 0 Å². The zero-order chi connectivity index (χ0) is 18.5. The molecular formula is C20H22FN3O2. The lowest BCUT2D eigenvalue weighted by Crippen LogP contribution is -2.53. The van der Waals surface area contributed by atoms with E-state index in [4.69, 9.17) is 0 Å². The molecule has 0 aliphatic carbocycles. The Hall–Kier alpha value is -2.89. The number of piperazine rings is 1. The van der Waals surface area contributed by atoms with Crippen LogP contribution in [0.1, 0.15) is 21.5 Å². The van der Waals surface area contributed by atoms with E-state index in [1.165, 1.54) is 12.1 Å². The second-order valence-electron chi connectivity index (χ2n) is 6.39. The molecule has 0 spiro atoms. The summed E-state index contributed by atoms with van der Waals surface area (Å²) in [5.74, 6) is -0.445. The quantitative estimate of drug-likeness (QED) is 0.920. The molecular weight excluding hydrogens is 333 g/mol.